The molecular weight excluding hydrogens is 316 g/mol. The molecule has 2 heterocycles. The number of hydrogen-bond donors (Lipinski definition) is 1. The Morgan fingerprint density at radius 2 is 2.14 bits per heavy atom. The van der Waals surface area contributed by atoms with Gasteiger partial charge in [0.05, 0.1) is 22.2 Å². The molecular formula is C16H16N2O2S2. The summed E-state index contributed by atoms with van der Waals surface area (Å²) in [7, 11) is 1.63. The first-order valence-corrected chi connectivity index (χ1v) is 8.59. The summed E-state index contributed by atoms with van der Waals surface area (Å²) in [5.74, 6) is 0.689. The van der Waals surface area contributed by atoms with Crippen LogP contribution in [0.2, 0.25) is 0 Å². The van der Waals surface area contributed by atoms with Crippen LogP contribution in [0.4, 0.5) is 5.13 Å². The normalized spacial score (nSPS) is 10.9. The Labute approximate surface area is 136 Å². The van der Waals surface area contributed by atoms with Gasteiger partial charge in [-0.05, 0) is 43.2 Å². The molecule has 6 heteroatoms. The third-order valence-electron chi connectivity index (χ3n) is 3.38. The topological polar surface area (TPSA) is 51.2 Å². The van der Waals surface area contributed by atoms with Crippen molar-refractivity contribution < 1.29 is 9.53 Å². The number of carbonyl (C=O) groups is 1. The van der Waals surface area contributed by atoms with Crippen LogP contribution >= 0.6 is 22.7 Å². The van der Waals surface area contributed by atoms with E-state index in [1.807, 2.05) is 31.2 Å². The number of thiazole rings is 1. The fraction of sp³-hybridized carbons (Fsp3) is 0.250. The quantitative estimate of drug-likeness (QED) is 0.766. The number of hydrogen-bond acceptors (Lipinski definition) is 5. The minimum Gasteiger partial charge on any atom is -0.497 e. The first kappa shape index (κ1) is 15.0. The van der Waals surface area contributed by atoms with Crippen LogP contribution in [0.5, 0.6) is 5.75 Å². The van der Waals surface area contributed by atoms with Crippen LogP contribution in [0.3, 0.4) is 0 Å². The van der Waals surface area contributed by atoms with Gasteiger partial charge in [-0.3, -0.25) is 10.1 Å². The molecule has 1 aromatic carbocycles. The highest BCUT2D eigenvalue weighted by atomic mass is 32.1. The molecule has 3 rings (SSSR count). The van der Waals surface area contributed by atoms with Gasteiger partial charge in [0.2, 0.25) is 0 Å². The Hall–Kier alpha value is -1.92. The molecule has 0 atom stereocenters. The largest absolute Gasteiger partial charge is 0.497 e. The number of methoxy groups -OCH3 is 1. The summed E-state index contributed by atoms with van der Waals surface area (Å²) in [5.41, 5.74) is 2.03. The van der Waals surface area contributed by atoms with E-state index in [1.165, 1.54) is 21.8 Å². The molecule has 0 saturated heterocycles. The monoisotopic (exact) mass is 332 g/mol. The van der Waals surface area contributed by atoms with E-state index in [-0.39, 0.29) is 5.91 Å². The first-order chi connectivity index (χ1) is 10.6. The van der Waals surface area contributed by atoms with Gasteiger partial charge in [0, 0.05) is 4.88 Å². The van der Waals surface area contributed by atoms with Gasteiger partial charge in [0.15, 0.2) is 5.13 Å². The molecule has 2 aromatic heterocycles. The number of aromatic nitrogens is 1. The molecule has 0 spiro atoms. The van der Waals surface area contributed by atoms with Gasteiger partial charge in [-0.15, -0.1) is 11.3 Å². The highest BCUT2D eigenvalue weighted by Gasteiger charge is 2.14. The summed E-state index contributed by atoms with van der Waals surface area (Å²) in [6.45, 7) is 4.14. The van der Waals surface area contributed by atoms with Crippen LogP contribution in [0.1, 0.15) is 27.0 Å². The first-order valence-electron chi connectivity index (χ1n) is 6.96. The van der Waals surface area contributed by atoms with E-state index in [2.05, 4.69) is 17.2 Å². The molecule has 3 aromatic rings. The summed E-state index contributed by atoms with van der Waals surface area (Å²) >= 11 is 2.99. The molecule has 0 fully saturated rings. The van der Waals surface area contributed by atoms with E-state index in [0.717, 1.165) is 27.3 Å². The van der Waals surface area contributed by atoms with Crippen molar-refractivity contribution in [1.29, 1.82) is 0 Å². The summed E-state index contributed by atoms with van der Waals surface area (Å²) in [6.07, 6.45) is 0.949. The van der Waals surface area contributed by atoms with Crippen molar-refractivity contribution >= 4 is 43.9 Å². The number of rotatable bonds is 4. The maximum Gasteiger partial charge on any atom is 0.267 e. The Bertz CT molecular complexity index is 836. The van der Waals surface area contributed by atoms with Crippen molar-refractivity contribution in [2.75, 3.05) is 12.4 Å². The second-order valence-electron chi connectivity index (χ2n) is 4.88. The molecule has 0 aliphatic heterocycles. The smallest absolute Gasteiger partial charge is 0.267 e. The predicted octanol–water partition coefficient (Wildman–Crippen LogP) is 4.49. The van der Waals surface area contributed by atoms with Crippen molar-refractivity contribution in [2.24, 2.45) is 0 Å². The fourth-order valence-corrected chi connectivity index (χ4v) is 4.13. The van der Waals surface area contributed by atoms with Crippen molar-refractivity contribution in [2.45, 2.75) is 20.3 Å². The Morgan fingerprint density at radius 1 is 1.32 bits per heavy atom. The minimum atomic E-state index is -0.0983. The number of ether oxygens (including phenoxy) is 1. The van der Waals surface area contributed by atoms with Gasteiger partial charge >= 0.3 is 0 Å². The molecule has 0 saturated carbocycles. The van der Waals surface area contributed by atoms with Gasteiger partial charge in [-0.25, -0.2) is 4.98 Å². The third kappa shape index (κ3) is 2.84. The lowest BCUT2D eigenvalue weighted by atomic mass is 10.2. The second-order valence-corrected chi connectivity index (χ2v) is 7.04. The molecule has 0 unspecified atom stereocenters. The maximum atomic E-state index is 12.3. The number of carbonyl (C=O) groups excluding carboxylic acids is 1. The summed E-state index contributed by atoms with van der Waals surface area (Å²) in [5, 5.41) is 3.50. The number of nitrogens with one attached hydrogen (secondary N) is 1. The van der Waals surface area contributed by atoms with E-state index in [9.17, 15) is 4.79 Å². The Morgan fingerprint density at radius 3 is 2.82 bits per heavy atom. The summed E-state index contributed by atoms with van der Waals surface area (Å²) in [4.78, 5) is 18.8. The number of nitrogens with zero attached hydrogens (tertiary/aromatic N) is 1. The summed E-state index contributed by atoms with van der Waals surface area (Å²) < 4.78 is 6.20. The molecule has 0 aliphatic rings. The van der Waals surface area contributed by atoms with E-state index in [1.54, 1.807) is 18.4 Å². The number of benzene rings is 1. The van der Waals surface area contributed by atoms with Crippen LogP contribution in [0, 0.1) is 6.92 Å². The van der Waals surface area contributed by atoms with Crippen LogP contribution in [-0.2, 0) is 6.42 Å². The number of aryl methyl sites for hydroxylation is 2. The molecule has 114 valence electrons. The van der Waals surface area contributed by atoms with Crippen LogP contribution in [0.25, 0.3) is 10.2 Å². The van der Waals surface area contributed by atoms with Gasteiger partial charge < -0.3 is 4.74 Å². The van der Waals surface area contributed by atoms with Crippen molar-refractivity contribution in [1.82, 2.24) is 4.98 Å². The second kappa shape index (κ2) is 6.06. The van der Waals surface area contributed by atoms with Gasteiger partial charge in [-0.2, -0.15) is 0 Å². The van der Waals surface area contributed by atoms with Gasteiger partial charge in [0.25, 0.3) is 5.91 Å². The zero-order valence-corrected chi connectivity index (χ0v) is 14.2. The Balaban J connectivity index is 1.84. The van der Waals surface area contributed by atoms with Crippen molar-refractivity contribution in [3.05, 3.63) is 39.6 Å². The third-order valence-corrected chi connectivity index (χ3v) is 5.70. The molecule has 0 bridgehead atoms. The van der Waals surface area contributed by atoms with Crippen LogP contribution in [0.15, 0.2) is 24.3 Å². The molecule has 0 radical (unpaired) electrons. The molecule has 22 heavy (non-hydrogen) atoms. The maximum absolute atomic E-state index is 12.3. The van der Waals surface area contributed by atoms with E-state index >= 15 is 0 Å². The van der Waals surface area contributed by atoms with Crippen LogP contribution in [-0.4, -0.2) is 18.0 Å². The Kier molecular flexibility index (Phi) is 4.13. The minimum absolute atomic E-state index is 0.0983. The number of amides is 1. The van der Waals surface area contributed by atoms with Gasteiger partial charge in [-0.1, -0.05) is 18.3 Å². The standard InChI is InChI=1S/C16H16N2O2S2/c1-4-12-9(2)7-14(21-12)15(19)18-16-17-11-6-5-10(20-3)8-13(11)22-16/h5-8H,4H2,1-3H3,(H,17,18,19). The lowest BCUT2D eigenvalue weighted by molar-refractivity contribution is 0.103. The highest BCUT2D eigenvalue weighted by Crippen LogP contribution is 2.30. The average Bonchev–Trinajstić information content (AvgIpc) is 3.08. The molecule has 1 amide bonds. The van der Waals surface area contributed by atoms with E-state index in [4.69, 9.17) is 4.74 Å². The zero-order chi connectivity index (χ0) is 15.7. The molecule has 0 aliphatic carbocycles. The summed E-state index contributed by atoms with van der Waals surface area (Å²) in [6, 6.07) is 7.62. The van der Waals surface area contributed by atoms with E-state index < -0.39 is 0 Å². The fourth-order valence-electron chi connectivity index (χ4n) is 2.23. The zero-order valence-electron chi connectivity index (χ0n) is 12.6. The SMILES string of the molecule is CCc1sc(C(=O)Nc2nc3ccc(OC)cc3s2)cc1C. The van der Waals surface area contributed by atoms with E-state index in [0.29, 0.717) is 5.13 Å². The number of fused-ring (bicyclic) bond motifs is 1. The lowest BCUT2D eigenvalue weighted by Gasteiger charge is -1.97. The molecule has 4 nitrogen and oxygen atoms in total. The van der Waals surface area contributed by atoms with Crippen molar-refractivity contribution in [3.8, 4) is 5.75 Å². The molecule has 1 N–H and O–H groups in total. The van der Waals surface area contributed by atoms with Crippen molar-refractivity contribution in [3.63, 3.8) is 0 Å². The van der Waals surface area contributed by atoms with Crippen LogP contribution < -0.4 is 10.1 Å². The number of anilines is 1. The lowest BCUT2D eigenvalue weighted by Crippen LogP contribution is -2.09. The van der Waals surface area contributed by atoms with Gasteiger partial charge in [0.1, 0.15) is 5.75 Å². The predicted molar refractivity (Wildman–Crippen MR) is 92.6 cm³/mol. The highest BCUT2D eigenvalue weighted by molar-refractivity contribution is 7.22. The average molecular weight is 332 g/mol. The number of thiophene rings is 1.